The first kappa shape index (κ1) is 20.5. The van der Waals surface area contributed by atoms with Crippen LogP contribution in [0.2, 0.25) is 0 Å². The minimum absolute atomic E-state index is 0.0760. The third-order valence-electron chi connectivity index (χ3n) is 8.57. The summed E-state index contributed by atoms with van der Waals surface area (Å²) in [4.78, 5) is 35.4. The van der Waals surface area contributed by atoms with Crippen molar-refractivity contribution < 1.29 is 4.79 Å². The van der Waals surface area contributed by atoms with Gasteiger partial charge in [-0.05, 0) is 38.0 Å². The lowest BCUT2D eigenvalue weighted by Crippen LogP contribution is -2.43. The van der Waals surface area contributed by atoms with E-state index in [-0.39, 0.29) is 11.5 Å². The minimum Gasteiger partial charge on any atom is -0.342 e. The highest BCUT2D eigenvalue weighted by Gasteiger charge is 2.42. The van der Waals surface area contributed by atoms with Gasteiger partial charge in [-0.2, -0.15) is 0 Å². The predicted octanol–water partition coefficient (Wildman–Crippen LogP) is 3.08. The van der Waals surface area contributed by atoms with Crippen LogP contribution in [-0.2, 0) is 17.8 Å². The molecule has 2 aromatic rings. The lowest BCUT2D eigenvalue weighted by atomic mass is 9.92. The van der Waals surface area contributed by atoms with Crippen molar-refractivity contribution in [3.63, 3.8) is 0 Å². The molecule has 7 heteroatoms. The van der Waals surface area contributed by atoms with Gasteiger partial charge in [0.2, 0.25) is 5.91 Å². The number of carbonyl (C=O) groups excluding carboxylic acids is 1. The highest BCUT2D eigenvalue weighted by atomic mass is 16.2. The molecule has 0 bridgehead atoms. The number of hydrogen-bond acceptors (Lipinski definition) is 4. The summed E-state index contributed by atoms with van der Waals surface area (Å²) < 4.78 is 1.67. The van der Waals surface area contributed by atoms with Gasteiger partial charge in [0.1, 0.15) is 0 Å². The van der Waals surface area contributed by atoms with Gasteiger partial charge in [0.15, 0.2) is 5.65 Å². The van der Waals surface area contributed by atoms with E-state index in [1.54, 1.807) is 4.52 Å². The second-order valence-corrected chi connectivity index (χ2v) is 10.7. The second kappa shape index (κ2) is 8.01. The monoisotopic (exact) mass is 437 g/mol. The summed E-state index contributed by atoms with van der Waals surface area (Å²) in [6.07, 6.45) is 10.3. The number of fused-ring (bicyclic) bond motifs is 2. The molecule has 4 heterocycles. The first-order chi connectivity index (χ1) is 15.6. The van der Waals surface area contributed by atoms with Gasteiger partial charge in [0, 0.05) is 62.2 Å². The molecule has 2 aromatic heterocycles. The average molecular weight is 438 g/mol. The molecule has 2 aliphatic carbocycles. The molecule has 6 rings (SSSR count). The highest BCUT2D eigenvalue weighted by Crippen LogP contribution is 2.40. The number of hydrogen-bond donors (Lipinski definition) is 1. The summed E-state index contributed by atoms with van der Waals surface area (Å²) in [5.74, 6) is 1.53. The molecule has 1 amide bonds. The summed E-state index contributed by atoms with van der Waals surface area (Å²) in [5.41, 5.74) is 3.79. The fraction of sp³-hybridized carbons (Fsp3) is 0.720. The smallest absolute Gasteiger partial charge is 0.277 e. The standard InChI is InChI=1S/C25H35N5O2/c1-16-13-19(16)24(31)28-10-7-17(8-11-28)22-14-23-26-21-9-12-29(18-5-3-2-4-6-18)15-20(21)25(32)30(23)27-22/h14,16-19,27H,2-13,15H2,1H3. The summed E-state index contributed by atoms with van der Waals surface area (Å²) in [5, 5.41) is 3.38. The van der Waals surface area contributed by atoms with Gasteiger partial charge in [-0.25, -0.2) is 9.50 Å². The Hall–Kier alpha value is -2.15. The topological polar surface area (TPSA) is 73.7 Å². The summed E-state index contributed by atoms with van der Waals surface area (Å²) >= 11 is 0. The van der Waals surface area contributed by atoms with Crippen molar-refractivity contribution in [2.75, 3.05) is 19.6 Å². The van der Waals surface area contributed by atoms with Gasteiger partial charge in [-0.1, -0.05) is 26.2 Å². The van der Waals surface area contributed by atoms with E-state index in [1.807, 2.05) is 0 Å². The number of H-pyrrole nitrogens is 1. The first-order valence-corrected chi connectivity index (χ1v) is 12.7. The zero-order chi connectivity index (χ0) is 21.8. The number of amides is 1. The Morgan fingerprint density at radius 1 is 1.09 bits per heavy atom. The zero-order valence-electron chi connectivity index (χ0n) is 19.2. The summed E-state index contributed by atoms with van der Waals surface area (Å²) in [6.45, 7) is 5.56. The summed E-state index contributed by atoms with van der Waals surface area (Å²) in [7, 11) is 0. The third kappa shape index (κ3) is 3.58. The second-order valence-electron chi connectivity index (χ2n) is 10.7. The molecule has 2 saturated carbocycles. The molecular formula is C25H35N5O2. The van der Waals surface area contributed by atoms with Gasteiger partial charge in [-0.15, -0.1) is 0 Å². The Balaban J connectivity index is 1.19. The Labute approximate surface area is 189 Å². The van der Waals surface area contributed by atoms with Gasteiger partial charge < -0.3 is 4.90 Å². The molecule has 0 spiro atoms. The molecule has 2 aliphatic heterocycles. The van der Waals surface area contributed by atoms with E-state index >= 15 is 0 Å². The van der Waals surface area contributed by atoms with Crippen LogP contribution in [0.3, 0.4) is 0 Å². The van der Waals surface area contributed by atoms with E-state index in [1.165, 1.54) is 32.1 Å². The molecule has 2 unspecified atom stereocenters. The molecule has 172 valence electrons. The minimum atomic E-state index is 0.0760. The van der Waals surface area contributed by atoms with E-state index < -0.39 is 0 Å². The Morgan fingerprint density at radius 2 is 1.84 bits per heavy atom. The zero-order valence-corrected chi connectivity index (χ0v) is 19.2. The van der Waals surface area contributed by atoms with E-state index in [9.17, 15) is 9.59 Å². The lowest BCUT2D eigenvalue weighted by molar-refractivity contribution is -0.133. The van der Waals surface area contributed by atoms with Crippen molar-refractivity contribution in [2.24, 2.45) is 11.8 Å². The van der Waals surface area contributed by atoms with Gasteiger partial charge in [0.25, 0.3) is 5.56 Å². The van der Waals surface area contributed by atoms with Gasteiger partial charge in [0.05, 0.1) is 11.3 Å². The molecule has 0 aromatic carbocycles. The maximum absolute atomic E-state index is 13.4. The molecule has 4 aliphatic rings. The molecule has 1 saturated heterocycles. The van der Waals surface area contributed by atoms with Crippen LogP contribution < -0.4 is 5.56 Å². The number of nitrogens with zero attached hydrogens (tertiary/aromatic N) is 4. The number of aromatic nitrogens is 3. The van der Waals surface area contributed by atoms with E-state index in [0.29, 0.717) is 23.8 Å². The molecular weight excluding hydrogens is 402 g/mol. The molecule has 7 nitrogen and oxygen atoms in total. The van der Waals surface area contributed by atoms with Crippen LogP contribution in [0, 0.1) is 11.8 Å². The van der Waals surface area contributed by atoms with Gasteiger partial charge >= 0.3 is 0 Å². The van der Waals surface area contributed by atoms with E-state index in [0.717, 1.165) is 74.5 Å². The normalized spacial score (nSPS) is 27.6. The SMILES string of the molecule is CC1CC1C(=O)N1CCC(c2cc3nc4c(c(=O)n3[nH]2)CN(C2CCCCC2)CC4)CC1. The number of aromatic amines is 1. The maximum Gasteiger partial charge on any atom is 0.277 e. The predicted molar refractivity (Wildman–Crippen MR) is 123 cm³/mol. The van der Waals surface area contributed by atoms with E-state index in [4.69, 9.17) is 4.98 Å². The van der Waals surface area contributed by atoms with Crippen molar-refractivity contribution in [1.82, 2.24) is 24.4 Å². The Morgan fingerprint density at radius 3 is 2.56 bits per heavy atom. The van der Waals surface area contributed by atoms with Crippen molar-refractivity contribution in [1.29, 1.82) is 0 Å². The number of carbonyl (C=O) groups is 1. The summed E-state index contributed by atoms with van der Waals surface area (Å²) in [6, 6.07) is 2.70. The van der Waals surface area contributed by atoms with E-state index in [2.05, 4.69) is 27.9 Å². The van der Waals surface area contributed by atoms with Crippen LogP contribution in [0.5, 0.6) is 0 Å². The highest BCUT2D eigenvalue weighted by molar-refractivity contribution is 5.81. The van der Waals surface area contributed by atoms with Crippen LogP contribution in [0.4, 0.5) is 0 Å². The molecule has 1 N–H and O–H groups in total. The van der Waals surface area contributed by atoms with Crippen molar-refractivity contribution in [3.05, 3.63) is 33.4 Å². The van der Waals surface area contributed by atoms with Crippen LogP contribution in [-0.4, -0.2) is 56.0 Å². The van der Waals surface area contributed by atoms with Crippen molar-refractivity contribution in [3.8, 4) is 0 Å². The van der Waals surface area contributed by atoms with Crippen LogP contribution in [0.25, 0.3) is 5.65 Å². The fourth-order valence-electron chi connectivity index (χ4n) is 6.30. The molecule has 32 heavy (non-hydrogen) atoms. The average Bonchev–Trinajstić information content (AvgIpc) is 3.41. The Bertz CT molecular complexity index is 1070. The molecule has 3 fully saturated rings. The maximum atomic E-state index is 13.4. The van der Waals surface area contributed by atoms with Gasteiger partial charge in [-0.3, -0.25) is 19.6 Å². The molecule has 0 radical (unpaired) electrons. The quantitative estimate of drug-likeness (QED) is 0.801. The van der Waals surface area contributed by atoms with Crippen molar-refractivity contribution >= 4 is 11.6 Å². The number of likely N-dealkylation sites (tertiary alicyclic amines) is 1. The number of piperidine rings is 1. The first-order valence-electron chi connectivity index (χ1n) is 12.7. The largest absolute Gasteiger partial charge is 0.342 e. The van der Waals surface area contributed by atoms with Crippen LogP contribution in [0.1, 0.15) is 81.2 Å². The fourth-order valence-corrected chi connectivity index (χ4v) is 6.30. The number of nitrogens with one attached hydrogen (secondary N) is 1. The molecule has 2 atom stereocenters. The third-order valence-corrected chi connectivity index (χ3v) is 8.57. The Kier molecular flexibility index (Phi) is 5.12. The van der Waals surface area contributed by atoms with Crippen molar-refractivity contribution in [2.45, 2.75) is 83.2 Å². The van der Waals surface area contributed by atoms with Crippen LogP contribution in [0.15, 0.2) is 10.9 Å². The lowest BCUT2D eigenvalue weighted by Gasteiger charge is -2.36. The van der Waals surface area contributed by atoms with Crippen LogP contribution >= 0.6 is 0 Å². The number of rotatable bonds is 3.